The topological polar surface area (TPSA) is 52.8 Å². The summed E-state index contributed by atoms with van der Waals surface area (Å²) in [5.74, 6) is 1.08. The Balaban J connectivity index is 1.26. The fraction of sp³-hybridized carbons (Fsp3) is 0.360. The first-order chi connectivity index (χ1) is 15.3. The molecule has 1 aromatic heterocycles. The van der Waals surface area contributed by atoms with E-state index in [2.05, 4.69) is 51.2 Å². The quantitative estimate of drug-likeness (QED) is 0.605. The summed E-state index contributed by atoms with van der Waals surface area (Å²) in [5.41, 5.74) is 3.35. The molecule has 1 saturated heterocycles. The zero-order valence-electron chi connectivity index (χ0n) is 17.7. The van der Waals surface area contributed by atoms with E-state index in [9.17, 15) is 4.79 Å². The molecule has 6 heteroatoms. The number of amides is 1. The van der Waals surface area contributed by atoms with Gasteiger partial charge in [-0.15, -0.1) is 0 Å². The van der Waals surface area contributed by atoms with Crippen molar-refractivity contribution in [3.05, 3.63) is 72.8 Å². The third kappa shape index (κ3) is 4.21. The second-order valence-electron chi connectivity index (χ2n) is 8.28. The Kier molecular flexibility index (Phi) is 5.71. The maximum atomic E-state index is 13.4. The van der Waals surface area contributed by atoms with E-state index in [0.29, 0.717) is 13.1 Å². The molecule has 31 heavy (non-hydrogen) atoms. The molecule has 0 aromatic carbocycles. The highest BCUT2D eigenvalue weighted by Gasteiger charge is 2.31. The maximum absolute atomic E-state index is 13.4. The van der Waals surface area contributed by atoms with Crippen LogP contribution in [0.5, 0.6) is 0 Å². The van der Waals surface area contributed by atoms with Gasteiger partial charge in [0.2, 0.25) is 5.91 Å². The monoisotopic (exact) mass is 416 g/mol. The molecule has 3 aliphatic heterocycles. The number of hydrogen-bond donors (Lipinski definition) is 0. The molecule has 5 rings (SSSR count). The smallest absolute Gasteiger partial charge is 0.237 e. The normalized spacial score (nSPS) is 20.2. The standard InChI is InChI=1S/C25H28N4O2/c30-24(19-27-12-5-13-28(16-15-27)21-7-3-11-26-18-21)29-14-2-1-8-23(29)22-10-9-20-6-4-17-31-25(20)22/h1-4,6-7,9-11,17-18,23H,5,8,12-16,19H2. The molecule has 4 aliphatic rings. The lowest BCUT2D eigenvalue weighted by molar-refractivity contribution is -0.134. The third-order valence-electron chi connectivity index (χ3n) is 6.35. The van der Waals surface area contributed by atoms with Gasteiger partial charge in [0.15, 0.2) is 0 Å². The van der Waals surface area contributed by atoms with Crippen LogP contribution in [0.2, 0.25) is 0 Å². The summed E-state index contributed by atoms with van der Waals surface area (Å²) in [6.45, 7) is 4.83. The van der Waals surface area contributed by atoms with Gasteiger partial charge in [-0.2, -0.15) is 0 Å². The number of carbonyl (C=O) groups is 1. The summed E-state index contributed by atoms with van der Waals surface area (Å²) < 4.78 is 5.80. The Morgan fingerprint density at radius 2 is 2.03 bits per heavy atom. The maximum Gasteiger partial charge on any atom is 0.237 e. The highest BCUT2D eigenvalue weighted by Crippen LogP contribution is 2.37. The lowest BCUT2D eigenvalue weighted by atomic mass is 9.99. The number of rotatable bonds is 4. The number of pyridine rings is 1. The Morgan fingerprint density at radius 1 is 1.06 bits per heavy atom. The van der Waals surface area contributed by atoms with E-state index in [-0.39, 0.29) is 11.9 Å². The number of carbonyl (C=O) groups excluding carboxylic acids is 1. The predicted molar refractivity (Wildman–Crippen MR) is 121 cm³/mol. The Morgan fingerprint density at radius 3 is 2.94 bits per heavy atom. The van der Waals surface area contributed by atoms with Crippen molar-refractivity contribution in [3.8, 4) is 11.3 Å². The minimum atomic E-state index is 0.0278. The molecule has 1 aliphatic carbocycles. The molecule has 1 unspecified atom stereocenters. The van der Waals surface area contributed by atoms with Gasteiger partial charge in [0, 0.05) is 50.0 Å². The van der Waals surface area contributed by atoms with Crippen LogP contribution in [0.15, 0.2) is 71.6 Å². The van der Waals surface area contributed by atoms with E-state index < -0.39 is 0 Å². The van der Waals surface area contributed by atoms with Crippen LogP contribution >= 0.6 is 0 Å². The number of aromatic nitrogens is 1. The Labute approximate surface area is 183 Å². The molecule has 0 radical (unpaired) electrons. The number of anilines is 1. The van der Waals surface area contributed by atoms with Crippen molar-refractivity contribution in [2.24, 2.45) is 0 Å². The first-order valence-corrected chi connectivity index (χ1v) is 11.1. The van der Waals surface area contributed by atoms with E-state index in [4.69, 9.17) is 4.42 Å². The molecule has 0 spiro atoms. The second-order valence-corrected chi connectivity index (χ2v) is 8.28. The van der Waals surface area contributed by atoms with Crippen molar-refractivity contribution < 1.29 is 9.21 Å². The molecule has 0 saturated carbocycles. The highest BCUT2D eigenvalue weighted by molar-refractivity contribution is 5.80. The van der Waals surface area contributed by atoms with Gasteiger partial charge in [-0.25, -0.2) is 0 Å². The van der Waals surface area contributed by atoms with Crippen molar-refractivity contribution in [2.45, 2.75) is 18.9 Å². The highest BCUT2D eigenvalue weighted by atomic mass is 16.3. The third-order valence-corrected chi connectivity index (χ3v) is 6.35. The van der Waals surface area contributed by atoms with Crippen LogP contribution in [0.25, 0.3) is 11.3 Å². The Bertz CT molecular complexity index is 1020. The van der Waals surface area contributed by atoms with Crippen LogP contribution in [0.4, 0.5) is 5.69 Å². The summed E-state index contributed by atoms with van der Waals surface area (Å²) in [6, 6.07) is 12.3. The SMILES string of the molecule is O=C(CN1CCCN(c2cccnc2)CC1)N1CC=CCC1c1ccc2cccoc1-2. The molecule has 6 nitrogen and oxygen atoms in total. The van der Waals surface area contributed by atoms with Gasteiger partial charge in [0.05, 0.1) is 30.7 Å². The fourth-order valence-corrected chi connectivity index (χ4v) is 4.73. The van der Waals surface area contributed by atoms with E-state index in [0.717, 1.165) is 61.6 Å². The Hall–Kier alpha value is -3.12. The van der Waals surface area contributed by atoms with Gasteiger partial charge in [-0.05, 0) is 37.1 Å². The lowest BCUT2D eigenvalue weighted by Crippen LogP contribution is -2.44. The van der Waals surface area contributed by atoms with E-state index in [1.54, 1.807) is 12.5 Å². The molecule has 0 N–H and O–H groups in total. The number of fused-ring (bicyclic) bond motifs is 1. The molecule has 160 valence electrons. The average Bonchev–Trinajstić information content (AvgIpc) is 3.11. The lowest BCUT2D eigenvalue weighted by Gasteiger charge is -2.34. The molecule has 1 amide bonds. The summed E-state index contributed by atoms with van der Waals surface area (Å²) in [5, 5.41) is 0. The van der Waals surface area contributed by atoms with E-state index in [1.165, 1.54) is 0 Å². The van der Waals surface area contributed by atoms with Gasteiger partial charge in [0.1, 0.15) is 5.76 Å². The molecule has 1 aromatic rings. The van der Waals surface area contributed by atoms with Crippen molar-refractivity contribution in [1.82, 2.24) is 14.8 Å². The zero-order valence-corrected chi connectivity index (χ0v) is 17.7. The molecule has 0 bridgehead atoms. The van der Waals surface area contributed by atoms with Crippen molar-refractivity contribution in [3.63, 3.8) is 0 Å². The summed E-state index contributed by atoms with van der Waals surface area (Å²) in [6.07, 6.45) is 11.6. The van der Waals surface area contributed by atoms with Crippen LogP contribution in [0.3, 0.4) is 0 Å². The predicted octanol–water partition coefficient (Wildman–Crippen LogP) is 3.82. The molecule has 1 atom stereocenters. The van der Waals surface area contributed by atoms with Gasteiger partial charge in [-0.3, -0.25) is 14.7 Å². The van der Waals surface area contributed by atoms with Gasteiger partial charge >= 0.3 is 0 Å². The van der Waals surface area contributed by atoms with Crippen molar-refractivity contribution in [1.29, 1.82) is 0 Å². The summed E-state index contributed by atoms with van der Waals surface area (Å²) in [4.78, 5) is 24.3. The number of nitrogens with zero attached hydrogens (tertiary/aromatic N) is 4. The van der Waals surface area contributed by atoms with Crippen LogP contribution in [0, 0.1) is 0 Å². The average molecular weight is 417 g/mol. The molecule has 4 heterocycles. The van der Waals surface area contributed by atoms with E-state index in [1.807, 2.05) is 23.2 Å². The van der Waals surface area contributed by atoms with E-state index >= 15 is 0 Å². The van der Waals surface area contributed by atoms with Crippen molar-refractivity contribution in [2.75, 3.05) is 44.2 Å². The minimum Gasteiger partial charge on any atom is -0.464 e. The van der Waals surface area contributed by atoms with Gasteiger partial charge < -0.3 is 14.2 Å². The van der Waals surface area contributed by atoms with Crippen LogP contribution in [-0.2, 0) is 4.79 Å². The van der Waals surface area contributed by atoms with Crippen LogP contribution < -0.4 is 4.90 Å². The fourth-order valence-electron chi connectivity index (χ4n) is 4.73. The van der Waals surface area contributed by atoms with Gasteiger partial charge in [0.25, 0.3) is 0 Å². The van der Waals surface area contributed by atoms with Crippen LogP contribution in [-0.4, -0.2) is 60.0 Å². The zero-order chi connectivity index (χ0) is 21.0. The first kappa shape index (κ1) is 19.8. The molecular weight excluding hydrogens is 388 g/mol. The molecular formula is C25H28N4O2. The first-order valence-electron chi connectivity index (χ1n) is 11.1. The summed E-state index contributed by atoms with van der Waals surface area (Å²) in [7, 11) is 0. The molecule has 1 fully saturated rings. The minimum absolute atomic E-state index is 0.0278. The number of hydrogen-bond acceptors (Lipinski definition) is 5. The second kappa shape index (κ2) is 8.94. The largest absolute Gasteiger partial charge is 0.464 e. The van der Waals surface area contributed by atoms with Gasteiger partial charge in [-0.1, -0.05) is 24.3 Å². The van der Waals surface area contributed by atoms with Crippen LogP contribution in [0.1, 0.15) is 24.4 Å². The summed E-state index contributed by atoms with van der Waals surface area (Å²) >= 11 is 0. The van der Waals surface area contributed by atoms with Crippen molar-refractivity contribution >= 4 is 11.6 Å².